The monoisotopic (exact) mass is 207 g/mol. The zero-order valence-corrected chi connectivity index (χ0v) is 8.33. The minimum absolute atomic E-state index is 0.627. The maximum absolute atomic E-state index is 8.95. The molecular formula is C10H13N3O2. The topological polar surface area (TPSA) is 60.2 Å². The Balaban J connectivity index is 0.000000144. The number of rotatable bonds is 0. The first-order valence-corrected chi connectivity index (χ1v) is 4.95. The fraction of sp³-hybridized carbons (Fsp3) is 0.400. The fourth-order valence-corrected chi connectivity index (χ4v) is 1.37. The molecule has 15 heavy (non-hydrogen) atoms. The average molecular weight is 207 g/mol. The van der Waals surface area contributed by atoms with Gasteiger partial charge in [0.25, 0.3) is 0 Å². The van der Waals surface area contributed by atoms with E-state index in [2.05, 4.69) is 10.3 Å². The van der Waals surface area contributed by atoms with Crippen LogP contribution in [0.1, 0.15) is 12.8 Å². The Bertz CT molecular complexity index is 416. The van der Waals surface area contributed by atoms with E-state index in [-0.39, 0.29) is 0 Å². The van der Waals surface area contributed by atoms with Crippen molar-refractivity contribution >= 4 is 11.0 Å². The third-order valence-electron chi connectivity index (χ3n) is 2.16. The Morgan fingerprint density at radius 3 is 2.53 bits per heavy atom. The van der Waals surface area contributed by atoms with E-state index in [9.17, 15) is 0 Å². The molecule has 1 aliphatic rings. The first-order chi connectivity index (χ1) is 7.38. The molecule has 3 rings (SSSR count). The highest BCUT2D eigenvalue weighted by molar-refractivity contribution is 5.73. The summed E-state index contributed by atoms with van der Waals surface area (Å²) in [6.45, 7) is 2.00. The molecule has 2 aromatic rings. The van der Waals surface area contributed by atoms with Gasteiger partial charge < -0.3 is 9.94 Å². The van der Waals surface area contributed by atoms with Gasteiger partial charge >= 0.3 is 0 Å². The molecule has 1 saturated heterocycles. The van der Waals surface area contributed by atoms with Crippen molar-refractivity contribution in [2.45, 2.75) is 12.8 Å². The molecular weight excluding hydrogens is 194 g/mol. The number of hydrogen-bond acceptors (Lipinski definition) is 4. The molecule has 0 saturated carbocycles. The number of para-hydroxylation sites is 1. The maximum Gasteiger partial charge on any atom is 0.130 e. The van der Waals surface area contributed by atoms with Crippen LogP contribution in [-0.2, 0) is 4.74 Å². The molecule has 0 atom stereocenters. The van der Waals surface area contributed by atoms with Gasteiger partial charge in [0.05, 0.1) is 0 Å². The smallest absolute Gasteiger partial charge is 0.130 e. The van der Waals surface area contributed by atoms with Crippen LogP contribution in [0.25, 0.3) is 11.0 Å². The number of fused-ring (bicyclic) bond motifs is 1. The third kappa shape index (κ3) is 2.44. The zero-order valence-electron chi connectivity index (χ0n) is 8.33. The van der Waals surface area contributed by atoms with Crippen LogP contribution in [0.15, 0.2) is 24.3 Å². The van der Waals surface area contributed by atoms with Crippen LogP contribution in [-0.4, -0.2) is 33.6 Å². The Labute approximate surface area is 87.2 Å². The van der Waals surface area contributed by atoms with Crippen molar-refractivity contribution in [1.82, 2.24) is 15.2 Å². The van der Waals surface area contributed by atoms with Gasteiger partial charge in [0.2, 0.25) is 0 Å². The Morgan fingerprint density at radius 2 is 1.93 bits per heavy atom. The number of aromatic nitrogens is 3. The second kappa shape index (κ2) is 4.75. The summed E-state index contributed by atoms with van der Waals surface area (Å²) in [7, 11) is 0. The van der Waals surface area contributed by atoms with Gasteiger partial charge in [-0.15, -0.1) is 5.10 Å². The highest BCUT2D eigenvalue weighted by atomic mass is 16.5. The van der Waals surface area contributed by atoms with E-state index in [4.69, 9.17) is 9.94 Å². The second-order valence-electron chi connectivity index (χ2n) is 3.29. The van der Waals surface area contributed by atoms with Gasteiger partial charge in [-0.1, -0.05) is 17.0 Å². The summed E-state index contributed by atoms with van der Waals surface area (Å²) in [4.78, 5) is 0.759. The summed E-state index contributed by atoms with van der Waals surface area (Å²) in [6, 6.07) is 7.19. The standard InChI is InChI=1S/C6H5N3O.C4H8O/c10-9-6-4-2-1-3-5(6)7-8-9;1-2-4-5-3-1/h1-4,10H;1-4H2. The molecule has 80 valence electrons. The van der Waals surface area contributed by atoms with Crippen molar-refractivity contribution in [3.63, 3.8) is 0 Å². The van der Waals surface area contributed by atoms with Gasteiger partial charge in [0, 0.05) is 13.2 Å². The van der Waals surface area contributed by atoms with Crippen molar-refractivity contribution in [2.24, 2.45) is 0 Å². The lowest BCUT2D eigenvalue weighted by Gasteiger charge is -1.85. The number of hydrogen-bond donors (Lipinski definition) is 1. The van der Waals surface area contributed by atoms with Gasteiger partial charge in [-0.2, -0.15) is 0 Å². The normalized spacial score (nSPS) is 14.9. The van der Waals surface area contributed by atoms with E-state index < -0.39 is 0 Å². The molecule has 0 aliphatic carbocycles. The first-order valence-electron chi connectivity index (χ1n) is 4.95. The third-order valence-corrected chi connectivity index (χ3v) is 2.16. The van der Waals surface area contributed by atoms with Crippen LogP contribution in [0.2, 0.25) is 0 Å². The summed E-state index contributed by atoms with van der Waals surface area (Å²) in [5.74, 6) is 0. The number of ether oxygens (including phenoxy) is 1. The largest absolute Gasteiger partial charge is 0.410 e. The summed E-state index contributed by atoms with van der Waals surface area (Å²) in [5.41, 5.74) is 1.33. The molecule has 0 spiro atoms. The lowest BCUT2D eigenvalue weighted by molar-refractivity contribution is 0.155. The van der Waals surface area contributed by atoms with Crippen molar-refractivity contribution in [3.05, 3.63) is 24.3 Å². The summed E-state index contributed by atoms with van der Waals surface area (Å²) < 4.78 is 4.94. The first kappa shape index (κ1) is 9.92. The molecule has 0 amide bonds. The maximum atomic E-state index is 8.95. The van der Waals surface area contributed by atoms with Crippen molar-refractivity contribution < 1.29 is 9.94 Å². The summed E-state index contributed by atoms with van der Waals surface area (Å²) in [5, 5.41) is 16.1. The van der Waals surface area contributed by atoms with Crippen molar-refractivity contribution in [3.8, 4) is 0 Å². The Morgan fingerprint density at radius 1 is 1.20 bits per heavy atom. The fourth-order valence-electron chi connectivity index (χ4n) is 1.37. The highest BCUT2D eigenvalue weighted by Gasteiger charge is 1.98. The number of nitrogens with zero attached hydrogens (tertiary/aromatic N) is 3. The van der Waals surface area contributed by atoms with Gasteiger partial charge in [0.1, 0.15) is 11.0 Å². The summed E-state index contributed by atoms with van der Waals surface area (Å²) in [6.07, 6.45) is 2.56. The molecule has 5 heteroatoms. The molecule has 5 nitrogen and oxygen atoms in total. The Kier molecular flexibility index (Phi) is 3.14. The van der Waals surface area contributed by atoms with Crippen LogP contribution in [0.3, 0.4) is 0 Å². The van der Waals surface area contributed by atoms with Gasteiger partial charge in [-0.3, -0.25) is 0 Å². The molecule has 0 unspecified atom stereocenters. The average Bonchev–Trinajstić information content (AvgIpc) is 2.92. The van der Waals surface area contributed by atoms with Crippen LogP contribution in [0, 0.1) is 0 Å². The molecule has 2 heterocycles. The van der Waals surface area contributed by atoms with E-state index in [0.717, 1.165) is 18.1 Å². The zero-order chi connectivity index (χ0) is 10.5. The molecule has 0 radical (unpaired) electrons. The van der Waals surface area contributed by atoms with Crippen LogP contribution in [0.4, 0.5) is 0 Å². The van der Waals surface area contributed by atoms with E-state index in [1.807, 2.05) is 12.1 Å². The van der Waals surface area contributed by atoms with E-state index in [0.29, 0.717) is 11.0 Å². The lowest BCUT2D eigenvalue weighted by Crippen LogP contribution is -1.90. The van der Waals surface area contributed by atoms with Crippen LogP contribution in [0.5, 0.6) is 0 Å². The van der Waals surface area contributed by atoms with Gasteiger partial charge in [-0.25, -0.2) is 0 Å². The van der Waals surface area contributed by atoms with Gasteiger partial charge in [-0.05, 0) is 30.2 Å². The predicted molar refractivity (Wildman–Crippen MR) is 54.8 cm³/mol. The molecule has 1 N–H and O–H groups in total. The number of benzene rings is 1. The molecule has 1 aromatic carbocycles. The predicted octanol–water partition coefficient (Wildman–Crippen LogP) is 1.47. The molecule has 1 aromatic heterocycles. The minimum Gasteiger partial charge on any atom is -0.410 e. The minimum atomic E-state index is 0.627. The summed E-state index contributed by atoms with van der Waals surface area (Å²) >= 11 is 0. The van der Waals surface area contributed by atoms with Crippen molar-refractivity contribution in [1.29, 1.82) is 0 Å². The van der Waals surface area contributed by atoms with Crippen LogP contribution >= 0.6 is 0 Å². The SMILES string of the molecule is C1CCOC1.On1nnc2ccccc21. The van der Waals surface area contributed by atoms with E-state index in [1.165, 1.54) is 12.8 Å². The van der Waals surface area contributed by atoms with E-state index in [1.54, 1.807) is 12.1 Å². The molecule has 1 aliphatic heterocycles. The second-order valence-corrected chi connectivity index (χ2v) is 3.29. The van der Waals surface area contributed by atoms with Crippen molar-refractivity contribution in [2.75, 3.05) is 13.2 Å². The highest BCUT2D eigenvalue weighted by Crippen LogP contribution is 2.06. The quantitative estimate of drug-likeness (QED) is 0.664. The molecule has 0 bridgehead atoms. The lowest BCUT2D eigenvalue weighted by atomic mass is 10.3. The molecule has 1 fully saturated rings. The van der Waals surface area contributed by atoms with E-state index >= 15 is 0 Å². The van der Waals surface area contributed by atoms with Crippen LogP contribution < -0.4 is 0 Å². The van der Waals surface area contributed by atoms with Gasteiger partial charge in [0.15, 0.2) is 0 Å². The Hall–Kier alpha value is -1.62.